The van der Waals surface area contributed by atoms with E-state index in [0.29, 0.717) is 49.0 Å². The van der Waals surface area contributed by atoms with Crippen LogP contribution >= 0.6 is 0 Å². The van der Waals surface area contributed by atoms with Gasteiger partial charge in [0.1, 0.15) is 19.0 Å². The number of rotatable bonds is 14. The van der Waals surface area contributed by atoms with E-state index in [2.05, 4.69) is 52.2 Å². The Morgan fingerprint density at radius 2 is 1.33 bits per heavy atom. The maximum absolute atomic E-state index is 12.3. The van der Waals surface area contributed by atoms with Crippen LogP contribution in [0, 0.1) is 0 Å². The first-order chi connectivity index (χ1) is 16.7. The molecule has 0 aromatic heterocycles. The molecule has 0 radical (unpaired) electrons. The minimum absolute atomic E-state index is 0.0378. The number of alkyl halides is 1. The molecule has 10 heteroatoms. The zero-order valence-electron chi connectivity index (χ0n) is 22.8. The Morgan fingerprint density at radius 1 is 0.861 bits per heavy atom. The molecule has 0 unspecified atom stereocenters. The molecular formula is C26H47FN8O. The lowest BCUT2D eigenvalue weighted by molar-refractivity contribution is 0.273. The molecule has 0 fully saturated rings. The molecule has 0 spiro atoms. The lowest BCUT2D eigenvalue weighted by Crippen LogP contribution is -2.39. The second kappa shape index (κ2) is 14.4. The summed E-state index contributed by atoms with van der Waals surface area (Å²) in [6.07, 6.45) is 5.33. The van der Waals surface area contributed by atoms with Crippen LogP contribution in [0.3, 0.4) is 0 Å². The lowest BCUT2D eigenvalue weighted by atomic mass is 10.1. The SMILES string of the molecule is CC(C)(C)N/C=C(\N)CN(C/C(N)=C/NC(C)(C)C)C/C(N)=C/N(N)Cc1ccc(OCCF)cc1. The molecule has 0 saturated carbocycles. The molecule has 0 aliphatic rings. The smallest absolute Gasteiger partial charge is 0.123 e. The monoisotopic (exact) mass is 506 g/mol. The molecule has 1 aromatic carbocycles. The van der Waals surface area contributed by atoms with E-state index in [-0.39, 0.29) is 17.7 Å². The van der Waals surface area contributed by atoms with Gasteiger partial charge in [0.05, 0.1) is 6.54 Å². The van der Waals surface area contributed by atoms with Crippen molar-refractivity contribution in [2.75, 3.05) is 32.9 Å². The number of hydrogen-bond donors (Lipinski definition) is 6. The van der Waals surface area contributed by atoms with Crippen molar-refractivity contribution in [3.05, 3.63) is 65.5 Å². The van der Waals surface area contributed by atoms with Crippen molar-refractivity contribution in [1.82, 2.24) is 20.5 Å². The summed E-state index contributed by atoms with van der Waals surface area (Å²) in [7, 11) is 0. The third-order valence-corrected chi connectivity index (χ3v) is 4.57. The first kappa shape index (κ1) is 30.9. The number of nitrogens with two attached hydrogens (primary N) is 4. The Labute approximate surface area is 216 Å². The molecular weight excluding hydrogens is 459 g/mol. The molecule has 0 bridgehead atoms. The predicted octanol–water partition coefficient (Wildman–Crippen LogP) is 2.19. The van der Waals surface area contributed by atoms with Crippen molar-refractivity contribution < 1.29 is 9.13 Å². The fraction of sp³-hybridized carbons (Fsp3) is 0.538. The lowest BCUT2D eigenvalue weighted by Gasteiger charge is -2.26. The van der Waals surface area contributed by atoms with E-state index < -0.39 is 6.67 Å². The van der Waals surface area contributed by atoms with Gasteiger partial charge >= 0.3 is 0 Å². The average molecular weight is 507 g/mol. The highest BCUT2D eigenvalue weighted by molar-refractivity contribution is 5.27. The largest absolute Gasteiger partial charge is 0.491 e. The highest BCUT2D eigenvalue weighted by Crippen LogP contribution is 2.13. The zero-order valence-corrected chi connectivity index (χ0v) is 22.8. The van der Waals surface area contributed by atoms with Crippen LogP contribution < -0.4 is 38.4 Å². The van der Waals surface area contributed by atoms with Crippen LogP contribution in [0.1, 0.15) is 47.1 Å². The number of hydrogen-bond acceptors (Lipinski definition) is 9. The fourth-order valence-electron chi connectivity index (χ4n) is 3.01. The fourth-order valence-corrected chi connectivity index (χ4v) is 3.01. The molecule has 9 nitrogen and oxygen atoms in total. The van der Waals surface area contributed by atoms with Crippen molar-refractivity contribution in [3.8, 4) is 5.75 Å². The summed E-state index contributed by atoms with van der Waals surface area (Å²) in [6, 6.07) is 7.33. The second-order valence-electron chi connectivity index (χ2n) is 10.9. The van der Waals surface area contributed by atoms with Gasteiger partial charge in [0.25, 0.3) is 0 Å². The van der Waals surface area contributed by atoms with Crippen LogP contribution in [-0.2, 0) is 6.54 Å². The Balaban J connectivity index is 2.87. The van der Waals surface area contributed by atoms with Crippen LogP contribution in [0.2, 0.25) is 0 Å². The molecule has 10 N–H and O–H groups in total. The molecule has 0 atom stereocenters. The number of benzene rings is 1. The molecule has 36 heavy (non-hydrogen) atoms. The summed E-state index contributed by atoms with van der Waals surface area (Å²) in [6.45, 7) is 13.7. The van der Waals surface area contributed by atoms with Gasteiger partial charge in [0.15, 0.2) is 0 Å². The van der Waals surface area contributed by atoms with E-state index in [1.165, 1.54) is 5.01 Å². The highest BCUT2D eigenvalue weighted by atomic mass is 19.1. The normalized spacial score (nSPS) is 13.6. The first-order valence-electron chi connectivity index (χ1n) is 12.1. The molecule has 204 valence electrons. The van der Waals surface area contributed by atoms with Crippen LogP contribution in [-0.4, -0.2) is 53.9 Å². The summed E-state index contributed by atoms with van der Waals surface area (Å²) >= 11 is 0. The van der Waals surface area contributed by atoms with Crippen LogP contribution in [0.15, 0.2) is 60.0 Å². The van der Waals surface area contributed by atoms with Gasteiger partial charge in [-0.1, -0.05) is 12.1 Å². The Kier molecular flexibility index (Phi) is 12.4. The molecule has 0 heterocycles. The third-order valence-electron chi connectivity index (χ3n) is 4.57. The van der Waals surface area contributed by atoms with E-state index in [9.17, 15) is 4.39 Å². The van der Waals surface area contributed by atoms with E-state index >= 15 is 0 Å². The minimum atomic E-state index is -0.525. The van der Waals surface area contributed by atoms with E-state index in [4.69, 9.17) is 27.8 Å². The molecule has 0 amide bonds. The van der Waals surface area contributed by atoms with Crippen molar-refractivity contribution in [1.29, 1.82) is 0 Å². The molecule has 1 rings (SSSR count). The van der Waals surface area contributed by atoms with Gasteiger partial charge in [0, 0.05) is 66.4 Å². The number of nitrogens with one attached hydrogen (secondary N) is 2. The minimum Gasteiger partial charge on any atom is -0.491 e. The third kappa shape index (κ3) is 15.0. The second-order valence-corrected chi connectivity index (χ2v) is 10.9. The van der Waals surface area contributed by atoms with Crippen LogP contribution in [0.5, 0.6) is 5.75 Å². The summed E-state index contributed by atoms with van der Waals surface area (Å²) in [5, 5.41) is 8.08. The maximum atomic E-state index is 12.3. The van der Waals surface area contributed by atoms with Gasteiger partial charge in [-0.05, 0) is 59.2 Å². The molecule has 1 aromatic rings. The van der Waals surface area contributed by atoms with Crippen molar-refractivity contribution in [3.63, 3.8) is 0 Å². The molecule has 0 aliphatic heterocycles. The van der Waals surface area contributed by atoms with Gasteiger partial charge in [-0.2, -0.15) is 0 Å². The van der Waals surface area contributed by atoms with Crippen LogP contribution in [0.25, 0.3) is 0 Å². The van der Waals surface area contributed by atoms with E-state index in [1.807, 2.05) is 29.4 Å². The van der Waals surface area contributed by atoms with Gasteiger partial charge in [-0.15, -0.1) is 0 Å². The standard InChI is InChI=1S/C26H47FN8O/c1-25(2,3)32-13-21(28)16-34(17-22(29)14-33-26(4,5)6)18-23(30)19-35(31)15-20-7-9-24(10-8-20)36-12-11-27/h7-10,13-14,19,32-33H,11-12,15-18,28-31H2,1-6H3/b21-13-,22-14-,23-19-. The van der Waals surface area contributed by atoms with E-state index in [0.717, 1.165) is 5.56 Å². The van der Waals surface area contributed by atoms with Crippen molar-refractivity contribution in [2.45, 2.75) is 59.2 Å². The van der Waals surface area contributed by atoms with Crippen molar-refractivity contribution in [2.24, 2.45) is 23.0 Å². The Morgan fingerprint density at radius 3 is 1.78 bits per heavy atom. The van der Waals surface area contributed by atoms with Gasteiger partial charge in [-0.25, -0.2) is 10.2 Å². The van der Waals surface area contributed by atoms with Gasteiger partial charge in [0.2, 0.25) is 0 Å². The predicted molar refractivity (Wildman–Crippen MR) is 147 cm³/mol. The topological polar surface area (TPSA) is 144 Å². The number of hydrazine groups is 1. The van der Waals surface area contributed by atoms with Crippen molar-refractivity contribution >= 4 is 0 Å². The number of ether oxygens (including phenoxy) is 1. The summed E-state index contributed by atoms with van der Waals surface area (Å²) in [4.78, 5) is 2.04. The number of nitrogens with zero attached hydrogens (tertiary/aromatic N) is 2. The van der Waals surface area contributed by atoms with E-state index in [1.54, 1.807) is 18.3 Å². The average Bonchev–Trinajstić information content (AvgIpc) is 2.74. The summed E-state index contributed by atoms with van der Waals surface area (Å²) in [5.41, 5.74) is 21.5. The first-order valence-corrected chi connectivity index (χ1v) is 12.1. The highest BCUT2D eigenvalue weighted by Gasteiger charge is 2.13. The van der Waals surface area contributed by atoms with Crippen LogP contribution in [0.4, 0.5) is 4.39 Å². The summed E-state index contributed by atoms with van der Waals surface area (Å²) in [5.74, 6) is 6.79. The zero-order chi connectivity index (χ0) is 27.4. The number of halogens is 1. The Hall–Kier alpha value is -3.11. The summed E-state index contributed by atoms with van der Waals surface area (Å²) < 4.78 is 17.5. The Bertz CT molecular complexity index is 835. The quantitative estimate of drug-likeness (QED) is 0.165. The van der Waals surface area contributed by atoms with Gasteiger partial charge < -0.3 is 37.6 Å². The molecule has 0 saturated heterocycles. The molecule has 0 aliphatic carbocycles. The maximum Gasteiger partial charge on any atom is 0.123 e. The van der Waals surface area contributed by atoms with Gasteiger partial charge in [-0.3, -0.25) is 4.90 Å².